The highest BCUT2D eigenvalue weighted by Gasteiger charge is 2.11. The minimum Gasteiger partial charge on any atom is -0.506 e. The predicted octanol–water partition coefficient (Wildman–Crippen LogP) is 3.49. The zero-order valence-electron chi connectivity index (χ0n) is 6.13. The fourth-order valence-corrected chi connectivity index (χ4v) is 3.10. The van der Waals surface area contributed by atoms with E-state index in [1.54, 1.807) is 6.07 Å². The van der Waals surface area contributed by atoms with Crippen molar-refractivity contribution >= 4 is 54.0 Å². The second-order valence-electron chi connectivity index (χ2n) is 2.16. The lowest BCUT2D eigenvalue weighted by molar-refractivity contribution is 0.322. The molecule has 0 aromatic heterocycles. The molecule has 0 saturated heterocycles. The molecule has 0 saturated carbocycles. The van der Waals surface area contributed by atoms with Gasteiger partial charge in [0.2, 0.25) is 0 Å². The Morgan fingerprint density at radius 1 is 1.23 bits per heavy atom. The molecule has 0 amide bonds. The second-order valence-corrected chi connectivity index (χ2v) is 4.66. The van der Waals surface area contributed by atoms with Gasteiger partial charge in [0.15, 0.2) is 0 Å². The summed E-state index contributed by atoms with van der Waals surface area (Å²) in [4.78, 5) is 0. The molecule has 0 unspecified atom stereocenters. The number of oxime groups is 1. The molecule has 0 fully saturated rings. The maximum absolute atomic E-state index is 9.48. The number of benzene rings is 1. The van der Waals surface area contributed by atoms with Crippen molar-refractivity contribution in [2.24, 2.45) is 5.16 Å². The summed E-state index contributed by atoms with van der Waals surface area (Å²) in [6.07, 6.45) is 1.22. The molecule has 3 nitrogen and oxygen atoms in total. The maximum atomic E-state index is 9.48. The molecular formula is C7H4Br3NO2. The summed E-state index contributed by atoms with van der Waals surface area (Å²) >= 11 is 9.60. The number of halogens is 3. The lowest BCUT2D eigenvalue weighted by Crippen LogP contribution is -1.87. The minimum atomic E-state index is 0.0677. The fraction of sp³-hybridized carbons (Fsp3) is 0. The molecule has 0 atom stereocenters. The summed E-state index contributed by atoms with van der Waals surface area (Å²) in [5.41, 5.74) is 0.572. The first-order valence-electron chi connectivity index (χ1n) is 3.11. The third-order valence-electron chi connectivity index (χ3n) is 1.37. The summed E-state index contributed by atoms with van der Waals surface area (Å²) in [6, 6.07) is 1.66. The Morgan fingerprint density at radius 2 is 1.85 bits per heavy atom. The van der Waals surface area contributed by atoms with Gasteiger partial charge in [0.25, 0.3) is 0 Å². The third kappa shape index (κ3) is 2.24. The van der Waals surface area contributed by atoms with Crippen LogP contribution in [0.4, 0.5) is 0 Å². The van der Waals surface area contributed by atoms with E-state index in [0.29, 0.717) is 19.0 Å². The summed E-state index contributed by atoms with van der Waals surface area (Å²) in [7, 11) is 0. The van der Waals surface area contributed by atoms with Crippen LogP contribution in [0.1, 0.15) is 5.56 Å². The van der Waals surface area contributed by atoms with E-state index in [9.17, 15) is 5.11 Å². The molecule has 0 heterocycles. The van der Waals surface area contributed by atoms with Gasteiger partial charge in [-0.1, -0.05) is 21.1 Å². The smallest absolute Gasteiger partial charge is 0.144 e. The average Bonchev–Trinajstić information content (AvgIpc) is 2.09. The molecule has 0 aliphatic rings. The lowest BCUT2D eigenvalue weighted by atomic mass is 10.2. The molecule has 70 valence electrons. The van der Waals surface area contributed by atoms with Gasteiger partial charge in [0.05, 0.1) is 15.2 Å². The summed E-state index contributed by atoms with van der Waals surface area (Å²) in [5.74, 6) is 0.0677. The van der Waals surface area contributed by atoms with Crippen LogP contribution in [0.2, 0.25) is 0 Å². The highest BCUT2D eigenvalue weighted by atomic mass is 79.9. The van der Waals surface area contributed by atoms with Crippen LogP contribution >= 0.6 is 47.8 Å². The Hall–Kier alpha value is -0.0700. The van der Waals surface area contributed by atoms with Crippen molar-refractivity contribution in [3.05, 3.63) is 25.0 Å². The highest BCUT2D eigenvalue weighted by molar-refractivity contribution is 9.11. The molecule has 0 spiro atoms. The SMILES string of the molecule is O/N=C/c1c(Br)cc(Br)c(O)c1Br. The topological polar surface area (TPSA) is 52.8 Å². The number of phenolic OH excluding ortho intramolecular Hbond substituents is 1. The molecule has 0 aliphatic carbocycles. The van der Waals surface area contributed by atoms with Gasteiger partial charge >= 0.3 is 0 Å². The van der Waals surface area contributed by atoms with Gasteiger partial charge in [-0.2, -0.15) is 0 Å². The van der Waals surface area contributed by atoms with Crippen LogP contribution in [0.25, 0.3) is 0 Å². The monoisotopic (exact) mass is 371 g/mol. The van der Waals surface area contributed by atoms with Crippen LogP contribution in [0.3, 0.4) is 0 Å². The zero-order chi connectivity index (χ0) is 10.0. The van der Waals surface area contributed by atoms with E-state index in [4.69, 9.17) is 5.21 Å². The van der Waals surface area contributed by atoms with Crippen molar-refractivity contribution in [3.8, 4) is 5.75 Å². The van der Waals surface area contributed by atoms with Crippen molar-refractivity contribution < 1.29 is 10.3 Å². The fourth-order valence-electron chi connectivity index (χ4n) is 0.771. The second kappa shape index (κ2) is 4.43. The van der Waals surface area contributed by atoms with E-state index < -0.39 is 0 Å². The van der Waals surface area contributed by atoms with Crippen molar-refractivity contribution in [1.82, 2.24) is 0 Å². The molecule has 6 heteroatoms. The molecule has 0 bridgehead atoms. The Bertz CT molecular complexity index is 365. The first kappa shape index (κ1) is 11.0. The van der Waals surface area contributed by atoms with Gasteiger partial charge < -0.3 is 10.3 Å². The van der Waals surface area contributed by atoms with Crippen molar-refractivity contribution in [3.63, 3.8) is 0 Å². The van der Waals surface area contributed by atoms with Gasteiger partial charge in [0.1, 0.15) is 5.75 Å². The maximum Gasteiger partial charge on any atom is 0.144 e. The van der Waals surface area contributed by atoms with Crippen LogP contribution in [0.15, 0.2) is 24.6 Å². The summed E-state index contributed by atoms with van der Waals surface area (Å²) in [5, 5.41) is 20.7. The standard InChI is InChI=1S/C7H4Br3NO2/c8-4-1-5(9)7(12)6(10)3(4)2-11-13/h1-2,12-13H/b11-2+. The molecule has 2 N–H and O–H groups in total. The van der Waals surface area contributed by atoms with Gasteiger partial charge in [-0.05, 0) is 37.9 Å². The molecule has 13 heavy (non-hydrogen) atoms. The van der Waals surface area contributed by atoms with E-state index in [0.717, 1.165) is 0 Å². The zero-order valence-corrected chi connectivity index (χ0v) is 10.9. The number of nitrogens with zero attached hydrogens (tertiary/aromatic N) is 1. The first-order chi connectivity index (χ1) is 6.07. The van der Waals surface area contributed by atoms with Crippen LogP contribution in [-0.4, -0.2) is 16.5 Å². The molecule has 0 aliphatic heterocycles. The number of rotatable bonds is 1. The van der Waals surface area contributed by atoms with Crippen LogP contribution < -0.4 is 0 Å². The quantitative estimate of drug-likeness (QED) is 0.450. The number of aromatic hydroxyl groups is 1. The van der Waals surface area contributed by atoms with Crippen molar-refractivity contribution in [2.75, 3.05) is 0 Å². The van der Waals surface area contributed by atoms with Crippen LogP contribution in [0.5, 0.6) is 5.75 Å². The Morgan fingerprint density at radius 3 is 2.38 bits per heavy atom. The van der Waals surface area contributed by atoms with E-state index in [-0.39, 0.29) is 5.75 Å². The van der Waals surface area contributed by atoms with E-state index in [1.807, 2.05) is 0 Å². The summed E-state index contributed by atoms with van der Waals surface area (Å²) < 4.78 is 1.73. The van der Waals surface area contributed by atoms with Gasteiger partial charge in [-0.3, -0.25) is 0 Å². The number of hydrogen-bond acceptors (Lipinski definition) is 3. The average molecular weight is 374 g/mol. The van der Waals surface area contributed by atoms with Crippen molar-refractivity contribution in [2.45, 2.75) is 0 Å². The van der Waals surface area contributed by atoms with Gasteiger partial charge in [-0.25, -0.2) is 0 Å². The lowest BCUT2D eigenvalue weighted by Gasteiger charge is -2.05. The van der Waals surface area contributed by atoms with E-state index >= 15 is 0 Å². The highest BCUT2D eigenvalue weighted by Crippen LogP contribution is 2.38. The van der Waals surface area contributed by atoms with E-state index in [1.165, 1.54) is 6.21 Å². The van der Waals surface area contributed by atoms with E-state index in [2.05, 4.69) is 52.9 Å². The van der Waals surface area contributed by atoms with Gasteiger partial charge in [-0.15, -0.1) is 0 Å². The molecule has 1 aromatic rings. The first-order valence-corrected chi connectivity index (χ1v) is 5.49. The Labute approximate surface area is 99.8 Å². The molecule has 1 rings (SSSR count). The number of hydrogen-bond donors (Lipinski definition) is 2. The Balaban J connectivity index is 3.43. The minimum absolute atomic E-state index is 0.0677. The van der Waals surface area contributed by atoms with Crippen LogP contribution in [-0.2, 0) is 0 Å². The van der Waals surface area contributed by atoms with Crippen molar-refractivity contribution in [1.29, 1.82) is 0 Å². The largest absolute Gasteiger partial charge is 0.506 e. The molecule has 0 radical (unpaired) electrons. The molecule has 1 aromatic carbocycles. The third-order valence-corrected chi connectivity index (χ3v) is 3.43. The van der Waals surface area contributed by atoms with Crippen LogP contribution in [0, 0.1) is 0 Å². The predicted molar refractivity (Wildman–Crippen MR) is 60.6 cm³/mol. The number of phenols is 1. The van der Waals surface area contributed by atoms with Gasteiger partial charge in [0, 0.05) is 10.0 Å². The molecular weight excluding hydrogens is 370 g/mol. The normalized spacial score (nSPS) is 11.0. The Kier molecular flexibility index (Phi) is 3.75. The summed E-state index contributed by atoms with van der Waals surface area (Å²) in [6.45, 7) is 0.